The van der Waals surface area contributed by atoms with E-state index in [1.165, 1.54) is 0 Å². The maximum atomic E-state index is 13.3. The summed E-state index contributed by atoms with van der Waals surface area (Å²) in [7, 11) is 0. The molecule has 0 bridgehead atoms. The Kier molecular flexibility index (Phi) is 4.44. The summed E-state index contributed by atoms with van der Waals surface area (Å²) in [5, 5.41) is 25.2. The number of fused-ring (bicyclic) bond motifs is 3. The fourth-order valence-electron chi connectivity index (χ4n) is 3.88. The number of carbonyl (C=O) groups is 3. The predicted octanol–water partition coefficient (Wildman–Crippen LogP) is 1.94. The largest absolute Gasteiger partial charge is 0.480 e. The quantitative estimate of drug-likeness (QED) is 0.602. The van der Waals surface area contributed by atoms with E-state index in [0.717, 1.165) is 21.1 Å². The summed E-state index contributed by atoms with van der Waals surface area (Å²) < 4.78 is 0. The number of hydrogen-bond donors (Lipinski definition) is 3. The fourth-order valence-corrected chi connectivity index (χ4v) is 3.88. The molecule has 1 aliphatic heterocycles. The van der Waals surface area contributed by atoms with E-state index < -0.39 is 29.9 Å². The monoisotopic (exact) mass is 378 g/mol. The molecule has 0 saturated carbocycles. The van der Waals surface area contributed by atoms with E-state index >= 15 is 0 Å². The van der Waals surface area contributed by atoms with Crippen molar-refractivity contribution >= 4 is 39.4 Å². The first-order valence-electron chi connectivity index (χ1n) is 8.89. The maximum absolute atomic E-state index is 13.3. The molecule has 7 heteroatoms. The topological polar surface area (TPSA) is 107 Å². The molecule has 28 heavy (non-hydrogen) atoms. The van der Waals surface area contributed by atoms with Crippen LogP contribution in [0.4, 0.5) is 0 Å². The minimum Gasteiger partial charge on any atom is -0.480 e. The molecule has 7 nitrogen and oxygen atoms in total. The molecule has 2 atom stereocenters. The second-order valence-electron chi connectivity index (χ2n) is 6.74. The average Bonchev–Trinajstić information content (AvgIpc) is 2.71. The zero-order valence-electron chi connectivity index (χ0n) is 14.8. The van der Waals surface area contributed by atoms with Crippen molar-refractivity contribution in [3.63, 3.8) is 0 Å². The molecule has 3 aromatic carbocycles. The number of hydrogen-bond acceptors (Lipinski definition) is 4. The lowest BCUT2D eigenvalue weighted by Crippen LogP contribution is -2.65. The lowest BCUT2D eigenvalue weighted by molar-refractivity contribution is -0.152. The highest BCUT2D eigenvalue weighted by atomic mass is 16.4. The van der Waals surface area contributed by atoms with Crippen LogP contribution in [-0.4, -0.2) is 58.1 Å². The smallest absolute Gasteiger partial charge is 0.328 e. The van der Waals surface area contributed by atoms with Gasteiger partial charge in [0.15, 0.2) is 6.04 Å². The van der Waals surface area contributed by atoms with Gasteiger partial charge in [-0.05, 0) is 27.6 Å². The summed E-state index contributed by atoms with van der Waals surface area (Å²) in [4.78, 5) is 37.6. The Morgan fingerprint density at radius 3 is 2.36 bits per heavy atom. The number of piperazine rings is 1. The summed E-state index contributed by atoms with van der Waals surface area (Å²) in [5.41, 5.74) is 0.362. The van der Waals surface area contributed by atoms with Crippen molar-refractivity contribution in [3.05, 3.63) is 60.2 Å². The van der Waals surface area contributed by atoms with Crippen molar-refractivity contribution in [1.82, 2.24) is 10.2 Å². The van der Waals surface area contributed by atoms with E-state index in [1.54, 1.807) is 12.1 Å². The van der Waals surface area contributed by atoms with Crippen LogP contribution in [-0.2, 0) is 9.59 Å². The third-order valence-corrected chi connectivity index (χ3v) is 5.17. The molecule has 4 rings (SSSR count). The van der Waals surface area contributed by atoms with E-state index in [1.807, 2.05) is 42.5 Å². The molecule has 1 fully saturated rings. The SMILES string of the molecule is O=C(O)[C@@H]1[C@H](C(=O)O)NCCN1C(=O)c1cccc2c1ccc1ccccc12. The van der Waals surface area contributed by atoms with Gasteiger partial charge >= 0.3 is 11.9 Å². The Hall–Kier alpha value is -3.45. The number of carboxylic acids is 2. The van der Waals surface area contributed by atoms with Crippen molar-refractivity contribution in [2.24, 2.45) is 0 Å². The highest BCUT2D eigenvalue weighted by molar-refractivity contribution is 6.15. The Morgan fingerprint density at radius 2 is 1.61 bits per heavy atom. The van der Waals surface area contributed by atoms with Gasteiger partial charge in [-0.3, -0.25) is 9.59 Å². The van der Waals surface area contributed by atoms with Gasteiger partial charge in [-0.1, -0.05) is 48.5 Å². The highest BCUT2D eigenvalue weighted by Crippen LogP contribution is 2.29. The third-order valence-electron chi connectivity index (χ3n) is 5.17. The number of nitrogens with one attached hydrogen (secondary N) is 1. The summed E-state index contributed by atoms with van der Waals surface area (Å²) >= 11 is 0. The highest BCUT2D eigenvalue weighted by Gasteiger charge is 2.43. The molecule has 1 saturated heterocycles. The minimum absolute atomic E-state index is 0.115. The molecule has 1 heterocycles. The number of rotatable bonds is 3. The van der Waals surface area contributed by atoms with E-state index in [9.17, 15) is 24.6 Å². The molecular formula is C21H18N2O5. The summed E-state index contributed by atoms with van der Waals surface area (Å²) in [6.07, 6.45) is 0. The Balaban J connectivity index is 1.83. The normalized spacial score (nSPS) is 19.6. The van der Waals surface area contributed by atoms with Gasteiger partial charge in [0.2, 0.25) is 0 Å². The van der Waals surface area contributed by atoms with Crippen LogP contribution in [0.15, 0.2) is 54.6 Å². The molecule has 0 spiro atoms. The van der Waals surface area contributed by atoms with Gasteiger partial charge in [0.1, 0.15) is 6.04 Å². The molecule has 0 aliphatic carbocycles. The van der Waals surface area contributed by atoms with Gasteiger partial charge in [0, 0.05) is 18.7 Å². The van der Waals surface area contributed by atoms with Gasteiger partial charge in [0.05, 0.1) is 0 Å². The number of nitrogens with zero attached hydrogens (tertiary/aromatic N) is 1. The lowest BCUT2D eigenvalue weighted by Gasteiger charge is -2.37. The number of aliphatic carboxylic acids is 2. The number of carboxylic acid groups (broad SMARTS) is 2. The molecule has 0 aromatic heterocycles. The molecular weight excluding hydrogens is 360 g/mol. The summed E-state index contributed by atoms with van der Waals surface area (Å²) in [6, 6.07) is 14.1. The molecule has 1 amide bonds. The van der Waals surface area contributed by atoms with E-state index in [4.69, 9.17) is 0 Å². The predicted molar refractivity (Wildman–Crippen MR) is 103 cm³/mol. The van der Waals surface area contributed by atoms with Gasteiger partial charge in [-0.2, -0.15) is 0 Å². The van der Waals surface area contributed by atoms with Gasteiger partial charge < -0.3 is 20.4 Å². The first-order valence-corrected chi connectivity index (χ1v) is 8.89. The lowest BCUT2D eigenvalue weighted by atomic mass is 9.96. The van der Waals surface area contributed by atoms with E-state index in [0.29, 0.717) is 10.9 Å². The van der Waals surface area contributed by atoms with Crippen LogP contribution in [0, 0.1) is 0 Å². The minimum atomic E-state index is -1.48. The second-order valence-corrected chi connectivity index (χ2v) is 6.74. The standard InChI is InChI=1S/C21H18N2O5/c24-19(23-11-10-22-17(20(25)26)18(23)21(27)28)16-7-3-6-14-13-5-2-1-4-12(13)8-9-15(14)16/h1-9,17-18,22H,10-11H2,(H,25,26)(H,27,28)/t17-,18+/m1/s1. The Labute approximate surface area is 160 Å². The van der Waals surface area contributed by atoms with Crippen LogP contribution in [0.3, 0.4) is 0 Å². The summed E-state index contributed by atoms with van der Waals surface area (Å²) in [5.74, 6) is -3.13. The van der Waals surface area contributed by atoms with Crippen LogP contribution >= 0.6 is 0 Å². The van der Waals surface area contributed by atoms with Crippen LogP contribution in [0.1, 0.15) is 10.4 Å². The molecule has 1 aliphatic rings. The zero-order chi connectivity index (χ0) is 19.8. The molecule has 142 valence electrons. The first kappa shape index (κ1) is 17.9. The van der Waals surface area contributed by atoms with Crippen molar-refractivity contribution < 1.29 is 24.6 Å². The van der Waals surface area contributed by atoms with Crippen LogP contribution in [0.2, 0.25) is 0 Å². The Bertz CT molecular complexity index is 1110. The zero-order valence-corrected chi connectivity index (χ0v) is 14.8. The molecule has 3 N–H and O–H groups in total. The number of carbonyl (C=O) groups excluding carboxylic acids is 1. The third kappa shape index (κ3) is 2.86. The van der Waals surface area contributed by atoms with Crippen LogP contribution in [0.5, 0.6) is 0 Å². The van der Waals surface area contributed by atoms with Crippen molar-refractivity contribution in [3.8, 4) is 0 Å². The van der Waals surface area contributed by atoms with E-state index in [2.05, 4.69) is 5.32 Å². The van der Waals surface area contributed by atoms with Crippen molar-refractivity contribution in [1.29, 1.82) is 0 Å². The number of benzene rings is 3. The molecule has 3 aromatic rings. The first-order chi connectivity index (χ1) is 13.5. The number of amides is 1. The molecule has 0 unspecified atom stereocenters. The maximum Gasteiger partial charge on any atom is 0.328 e. The van der Waals surface area contributed by atoms with Crippen LogP contribution < -0.4 is 5.32 Å². The Morgan fingerprint density at radius 1 is 0.857 bits per heavy atom. The van der Waals surface area contributed by atoms with Crippen molar-refractivity contribution in [2.45, 2.75) is 12.1 Å². The summed E-state index contributed by atoms with van der Waals surface area (Å²) in [6.45, 7) is 0.323. The van der Waals surface area contributed by atoms with Gasteiger partial charge in [0.25, 0.3) is 5.91 Å². The average molecular weight is 378 g/mol. The fraction of sp³-hybridized carbons (Fsp3) is 0.190. The van der Waals surface area contributed by atoms with Crippen LogP contribution in [0.25, 0.3) is 21.5 Å². The van der Waals surface area contributed by atoms with Crippen molar-refractivity contribution in [2.75, 3.05) is 13.1 Å². The molecule has 0 radical (unpaired) electrons. The second kappa shape index (κ2) is 6.94. The van der Waals surface area contributed by atoms with Gasteiger partial charge in [-0.15, -0.1) is 0 Å². The van der Waals surface area contributed by atoms with E-state index in [-0.39, 0.29) is 13.1 Å². The van der Waals surface area contributed by atoms with Gasteiger partial charge in [-0.25, -0.2) is 4.79 Å².